The zero-order chi connectivity index (χ0) is 25.6. The van der Waals surface area contributed by atoms with Crippen LogP contribution in [0, 0.1) is 0 Å². The van der Waals surface area contributed by atoms with E-state index < -0.39 is 0 Å². The Morgan fingerprint density at radius 1 is 1.17 bits per heavy atom. The molecule has 0 unspecified atom stereocenters. The van der Waals surface area contributed by atoms with Gasteiger partial charge in [-0.2, -0.15) is 0 Å². The van der Waals surface area contributed by atoms with Gasteiger partial charge in [0.25, 0.3) is 5.56 Å². The average molecular weight is 498 g/mol. The summed E-state index contributed by atoms with van der Waals surface area (Å²) < 4.78 is 12.7. The maximum atomic E-state index is 13.2. The monoisotopic (exact) mass is 497 g/mol. The molecule has 0 aliphatic rings. The van der Waals surface area contributed by atoms with Crippen molar-refractivity contribution >= 4 is 34.3 Å². The van der Waals surface area contributed by atoms with E-state index >= 15 is 0 Å². The van der Waals surface area contributed by atoms with Crippen LogP contribution in [0.15, 0.2) is 52.4 Å². The van der Waals surface area contributed by atoms with Crippen LogP contribution in [0.25, 0.3) is 10.9 Å². The van der Waals surface area contributed by atoms with E-state index in [2.05, 4.69) is 31.1 Å². The normalized spacial score (nSPS) is 11.7. The van der Waals surface area contributed by atoms with Crippen LogP contribution in [0.5, 0.6) is 5.75 Å². The minimum absolute atomic E-state index is 0.0646. The molecule has 0 fully saturated rings. The number of nitrogens with one attached hydrogen (secondary N) is 1. The van der Waals surface area contributed by atoms with Crippen LogP contribution in [0.3, 0.4) is 0 Å². The molecule has 1 aromatic heterocycles. The number of aromatic nitrogens is 2. The quantitative estimate of drug-likeness (QED) is 0.234. The van der Waals surface area contributed by atoms with Crippen LogP contribution >= 0.6 is 11.8 Å². The second-order valence-corrected chi connectivity index (χ2v) is 10.6. The zero-order valence-corrected chi connectivity index (χ0v) is 22.2. The van der Waals surface area contributed by atoms with E-state index in [-0.39, 0.29) is 28.7 Å². The number of amides is 1. The summed E-state index contributed by atoms with van der Waals surface area (Å²) in [6.45, 7) is 11.3. The number of para-hydroxylation sites is 1. The van der Waals surface area contributed by atoms with Crippen LogP contribution in [0.2, 0.25) is 0 Å². The number of hydrogen-bond acceptors (Lipinski definition) is 6. The molecule has 8 heteroatoms. The minimum atomic E-state index is -0.198. The molecule has 0 aliphatic carbocycles. The third-order valence-corrected chi connectivity index (χ3v) is 6.45. The number of benzene rings is 2. The number of hydrogen-bond donors (Lipinski definition) is 1. The number of ether oxygens (including phenoxy) is 2. The summed E-state index contributed by atoms with van der Waals surface area (Å²) >= 11 is 1.25. The Labute approximate surface area is 211 Å². The summed E-state index contributed by atoms with van der Waals surface area (Å²) in [6, 6.07) is 13.1. The van der Waals surface area contributed by atoms with Crippen LogP contribution < -0.4 is 15.6 Å². The van der Waals surface area contributed by atoms with Gasteiger partial charge in [-0.1, -0.05) is 50.7 Å². The first kappa shape index (κ1) is 26.8. The highest BCUT2D eigenvalue weighted by atomic mass is 32.2. The summed E-state index contributed by atoms with van der Waals surface area (Å²) in [5, 5.41) is 4.04. The molecule has 1 heterocycles. The number of anilines is 1. The molecule has 188 valence electrons. The molecule has 2 aromatic carbocycles. The lowest BCUT2D eigenvalue weighted by atomic mass is 9.87. The SMILES string of the molecule is COc1ccc(C(C)(C)C)cc1NC(=O)CSc1nc2ccccc2c(=O)n1CCCOC(C)C. The summed E-state index contributed by atoms with van der Waals surface area (Å²) in [6.07, 6.45) is 0.807. The molecule has 3 rings (SSSR count). The first-order valence-corrected chi connectivity index (χ1v) is 12.8. The molecule has 7 nitrogen and oxygen atoms in total. The Morgan fingerprint density at radius 3 is 2.60 bits per heavy atom. The van der Waals surface area contributed by atoms with Crippen molar-refractivity contribution < 1.29 is 14.3 Å². The third kappa shape index (κ3) is 7.08. The first-order chi connectivity index (χ1) is 16.6. The van der Waals surface area contributed by atoms with Gasteiger partial charge in [0, 0.05) is 13.2 Å². The predicted octanol–water partition coefficient (Wildman–Crippen LogP) is 5.25. The van der Waals surface area contributed by atoms with Gasteiger partial charge >= 0.3 is 0 Å². The highest BCUT2D eigenvalue weighted by molar-refractivity contribution is 7.99. The zero-order valence-electron chi connectivity index (χ0n) is 21.4. The molecule has 35 heavy (non-hydrogen) atoms. The molecular formula is C27H35N3O4S. The van der Waals surface area contributed by atoms with Crippen LogP contribution in [-0.4, -0.2) is 41.0 Å². The number of carbonyl (C=O) groups is 1. The maximum Gasteiger partial charge on any atom is 0.262 e. The van der Waals surface area contributed by atoms with Gasteiger partial charge in [-0.15, -0.1) is 0 Å². The van der Waals surface area contributed by atoms with Crippen molar-refractivity contribution in [3.63, 3.8) is 0 Å². The second kappa shape index (κ2) is 11.7. The van der Waals surface area contributed by atoms with Gasteiger partial charge in [-0.05, 0) is 55.5 Å². The fourth-order valence-electron chi connectivity index (χ4n) is 3.59. The number of methoxy groups -OCH3 is 1. The number of carbonyl (C=O) groups excluding carboxylic acids is 1. The van der Waals surface area contributed by atoms with Crippen molar-refractivity contribution in [2.75, 3.05) is 24.8 Å². The molecule has 1 N–H and O–H groups in total. The topological polar surface area (TPSA) is 82.5 Å². The Bertz CT molecular complexity index is 1230. The largest absolute Gasteiger partial charge is 0.495 e. The molecule has 0 atom stereocenters. The Kier molecular flexibility index (Phi) is 8.97. The van der Waals surface area contributed by atoms with Gasteiger partial charge in [0.05, 0.1) is 35.6 Å². The van der Waals surface area contributed by atoms with Crippen molar-refractivity contribution in [2.24, 2.45) is 0 Å². The van der Waals surface area contributed by atoms with Crippen molar-refractivity contribution in [1.29, 1.82) is 0 Å². The molecule has 0 spiro atoms. The number of thioether (sulfide) groups is 1. The summed E-state index contributed by atoms with van der Waals surface area (Å²) in [4.78, 5) is 30.8. The highest BCUT2D eigenvalue weighted by Crippen LogP contribution is 2.31. The minimum Gasteiger partial charge on any atom is -0.495 e. The van der Waals surface area contributed by atoms with E-state index in [0.717, 1.165) is 5.56 Å². The molecule has 1 amide bonds. The Balaban J connectivity index is 1.79. The van der Waals surface area contributed by atoms with Crippen molar-refractivity contribution in [3.8, 4) is 5.75 Å². The van der Waals surface area contributed by atoms with Crippen LogP contribution in [0.4, 0.5) is 5.69 Å². The Morgan fingerprint density at radius 2 is 1.91 bits per heavy atom. The molecular weight excluding hydrogens is 462 g/mol. The fourth-order valence-corrected chi connectivity index (χ4v) is 4.41. The summed E-state index contributed by atoms with van der Waals surface area (Å²) in [5.41, 5.74) is 2.16. The lowest BCUT2D eigenvalue weighted by Gasteiger charge is -2.21. The summed E-state index contributed by atoms with van der Waals surface area (Å²) in [5.74, 6) is 0.509. The Hall–Kier alpha value is -2.84. The van der Waals surface area contributed by atoms with Gasteiger partial charge < -0.3 is 14.8 Å². The molecule has 0 bridgehead atoms. The van der Waals surface area contributed by atoms with E-state index in [9.17, 15) is 9.59 Å². The predicted molar refractivity (Wildman–Crippen MR) is 143 cm³/mol. The average Bonchev–Trinajstić information content (AvgIpc) is 2.81. The standard InChI is InChI=1S/C27H35N3O4S/c1-18(2)34-15-9-14-30-25(32)20-10-7-8-11-21(20)29-26(30)35-17-24(31)28-22-16-19(27(3,4)5)12-13-23(22)33-6/h7-8,10-13,16,18H,9,14-15,17H2,1-6H3,(H,28,31). The van der Waals surface area contributed by atoms with E-state index in [1.807, 2.05) is 50.2 Å². The lowest BCUT2D eigenvalue weighted by molar-refractivity contribution is -0.113. The first-order valence-electron chi connectivity index (χ1n) is 11.8. The van der Waals surface area contributed by atoms with E-state index in [4.69, 9.17) is 9.47 Å². The van der Waals surface area contributed by atoms with E-state index in [1.165, 1.54) is 11.8 Å². The molecule has 0 saturated heterocycles. The van der Waals surface area contributed by atoms with Gasteiger partial charge in [0.2, 0.25) is 5.91 Å². The van der Waals surface area contributed by atoms with Crippen molar-refractivity contribution in [2.45, 2.75) is 64.3 Å². The van der Waals surface area contributed by atoms with Gasteiger partial charge in [-0.3, -0.25) is 14.2 Å². The number of fused-ring (bicyclic) bond motifs is 1. The third-order valence-electron chi connectivity index (χ3n) is 5.48. The van der Waals surface area contributed by atoms with Gasteiger partial charge in [0.1, 0.15) is 5.75 Å². The number of nitrogens with zero attached hydrogens (tertiary/aromatic N) is 2. The fraction of sp³-hybridized carbons (Fsp3) is 0.444. The van der Waals surface area contributed by atoms with Crippen LogP contribution in [0.1, 0.15) is 46.6 Å². The van der Waals surface area contributed by atoms with Gasteiger partial charge in [-0.25, -0.2) is 4.98 Å². The van der Waals surface area contributed by atoms with Crippen molar-refractivity contribution in [1.82, 2.24) is 9.55 Å². The van der Waals surface area contributed by atoms with Crippen molar-refractivity contribution in [3.05, 3.63) is 58.4 Å². The summed E-state index contributed by atoms with van der Waals surface area (Å²) in [7, 11) is 1.58. The maximum absolute atomic E-state index is 13.2. The molecule has 3 aromatic rings. The molecule has 0 aliphatic heterocycles. The lowest BCUT2D eigenvalue weighted by Crippen LogP contribution is -2.25. The number of rotatable bonds is 10. The van der Waals surface area contributed by atoms with E-state index in [1.54, 1.807) is 17.7 Å². The second-order valence-electron chi connectivity index (χ2n) is 9.64. The van der Waals surface area contributed by atoms with Gasteiger partial charge in [0.15, 0.2) is 5.16 Å². The smallest absolute Gasteiger partial charge is 0.262 e. The van der Waals surface area contributed by atoms with Crippen LogP contribution in [-0.2, 0) is 21.5 Å². The highest BCUT2D eigenvalue weighted by Gasteiger charge is 2.18. The molecule has 0 radical (unpaired) electrons. The van der Waals surface area contributed by atoms with E-state index in [0.29, 0.717) is 47.1 Å². The molecule has 0 saturated carbocycles.